The van der Waals surface area contributed by atoms with Crippen molar-refractivity contribution in [2.75, 3.05) is 6.26 Å². The SMILES string of the molecule is CS(=O)(=O)c1ccc(Sc2cccc(Br)c2CN)cc1. The minimum Gasteiger partial charge on any atom is -0.326 e. The molecule has 0 spiro atoms. The first-order valence-electron chi connectivity index (χ1n) is 5.87. The number of hydrogen-bond acceptors (Lipinski definition) is 4. The Kier molecular flexibility index (Phi) is 4.90. The van der Waals surface area contributed by atoms with Crippen LogP contribution in [0, 0.1) is 0 Å². The van der Waals surface area contributed by atoms with E-state index in [0.717, 1.165) is 19.8 Å². The average Bonchev–Trinajstić information content (AvgIpc) is 2.38. The summed E-state index contributed by atoms with van der Waals surface area (Å²) in [7, 11) is -3.15. The van der Waals surface area contributed by atoms with Crippen LogP contribution in [0.15, 0.2) is 61.6 Å². The lowest BCUT2D eigenvalue weighted by Crippen LogP contribution is -1.99. The fraction of sp³-hybridized carbons (Fsp3) is 0.143. The van der Waals surface area contributed by atoms with Gasteiger partial charge in [-0.3, -0.25) is 0 Å². The van der Waals surface area contributed by atoms with Gasteiger partial charge in [0.15, 0.2) is 9.84 Å². The van der Waals surface area contributed by atoms with Crippen LogP contribution in [0.4, 0.5) is 0 Å². The van der Waals surface area contributed by atoms with Crippen LogP contribution in [-0.2, 0) is 16.4 Å². The van der Waals surface area contributed by atoms with Gasteiger partial charge in [0, 0.05) is 27.1 Å². The standard InChI is InChI=1S/C14H14BrNO2S2/c1-20(17,18)11-7-5-10(6-8-11)19-14-4-2-3-13(15)12(14)9-16/h2-8H,9,16H2,1H3. The van der Waals surface area contributed by atoms with Gasteiger partial charge in [0.2, 0.25) is 0 Å². The number of sulfone groups is 1. The van der Waals surface area contributed by atoms with Gasteiger partial charge in [-0.25, -0.2) is 8.42 Å². The lowest BCUT2D eigenvalue weighted by atomic mass is 10.2. The summed E-state index contributed by atoms with van der Waals surface area (Å²) in [5.74, 6) is 0. The predicted molar refractivity (Wildman–Crippen MR) is 85.7 cm³/mol. The predicted octanol–water partition coefficient (Wildman–Crippen LogP) is 3.46. The summed E-state index contributed by atoms with van der Waals surface area (Å²) in [6.07, 6.45) is 1.20. The Balaban J connectivity index is 2.29. The molecule has 2 aromatic rings. The molecule has 0 bridgehead atoms. The zero-order valence-corrected chi connectivity index (χ0v) is 14.1. The highest BCUT2D eigenvalue weighted by molar-refractivity contribution is 9.10. The first-order valence-corrected chi connectivity index (χ1v) is 9.37. The van der Waals surface area contributed by atoms with Crippen molar-refractivity contribution in [2.24, 2.45) is 5.73 Å². The molecule has 0 saturated heterocycles. The number of benzene rings is 2. The van der Waals surface area contributed by atoms with Gasteiger partial charge >= 0.3 is 0 Å². The summed E-state index contributed by atoms with van der Waals surface area (Å²) in [4.78, 5) is 2.37. The second-order valence-corrected chi connectivity index (χ2v) is 8.25. The molecule has 0 aliphatic heterocycles. The molecule has 3 nitrogen and oxygen atoms in total. The summed E-state index contributed by atoms with van der Waals surface area (Å²) >= 11 is 5.05. The monoisotopic (exact) mass is 371 g/mol. The van der Waals surface area contributed by atoms with Crippen molar-refractivity contribution in [3.05, 3.63) is 52.5 Å². The van der Waals surface area contributed by atoms with E-state index < -0.39 is 9.84 Å². The van der Waals surface area contributed by atoms with Gasteiger partial charge in [0.25, 0.3) is 0 Å². The van der Waals surface area contributed by atoms with E-state index in [4.69, 9.17) is 5.73 Å². The van der Waals surface area contributed by atoms with Gasteiger partial charge in [0.1, 0.15) is 0 Å². The fourth-order valence-electron chi connectivity index (χ4n) is 1.71. The molecule has 6 heteroatoms. The molecular weight excluding hydrogens is 358 g/mol. The molecule has 0 radical (unpaired) electrons. The maximum atomic E-state index is 11.4. The maximum Gasteiger partial charge on any atom is 0.175 e. The molecule has 0 aromatic heterocycles. The van der Waals surface area contributed by atoms with Crippen LogP contribution in [0.1, 0.15) is 5.56 Å². The molecule has 0 fully saturated rings. The fourth-order valence-corrected chi connectivity index (χ4v) is 3.99. The van der Waals surface area contributed by atoms with E-state index in [0.29, 0.717) is 11.4 Å². The Morgan fingerprint density at radius 3 is 2.35 bits per heavy atom. The van der Waals surface area contributed by atoms with Crippen molar-refractivity contribution >= 4 is 37.5 Å². The second kappa shape index (κ2) is 6.30. The maximum absolute atomic E-state index is 11.4. The van der Waals surface area contributed by atoms with Crippen molar-refractivity contribution in [3.63, 3.8) is 0 Å². The van der Waals surface area contributed by atoms with Crippen LogP contribution in [-0.4, -0.2) is 14.7 Å². The average molecular weight is 372 g/mol. The van der Waals surface area contributed by atoms with E-state index in [9.17, 15) is 8.42 Å². The summed E-state index contributed by atoms with van der Waals surface area (Å²) < 4.78 is 23.8. The molecule has 0 saturated carbocycles. The van der Waals surface area contributed by atoms with Gasteiger partial charge in [-0.05, 0) is 42.0 Å². The molecule has 0 amide bonds. The quantitative estimate of drug-likeness (QED) is 0.893. The number of nitrogens with two attached hydrogens (primary N) is 1. The Bertz CT molecular complexity index is 712. The van der Waals surface area contributed by atoms with Crippen molar-refractivity contribution < 1.29 is 8.42 Å². The van der Waals surface area contributed by atoms with Gasteiger partial charge in [-0.1, -0.05) is 33.8 Å². The third-order valence-corrected chi connectivity index (χ3v) is 5.74. The molecule has 0 aliphatic rings. The number of hydrogen-bond donors (Lipinski definition) is 1. The number of halogens is 1. The minimum absolute atomic E-state index is 0.329. The van der Waals surface area contributed by atoms with Crippen LogP contribution >= 0.6 is 27.7 Å². The van der Waals surface area contributed by atoms with Gasteiger partial charge in [0.05, 0.1) is 4.90 Å². The van der Waals surface area contributed by atoms with E-state index in [1.165, 1.54) is 6.26 Å². The van der Waals surface area contributed by atoms with Crippen molar-refractivity contribution in [1.29, 1.82) is 0 Å². The lowest BCUT2D eigenvalue weighted by Gasteiger charge is -2.09. The lowest BCUT2D eigenvalue weighted by molar-refractivity contribution is 0.602. The highest BCUT2D eigenvalue weighted by atomic mass is 79.9. The molecule has 0 aliphatic carbocycles. The van der Waals surface area contributed by atoms with E-state index >= 15 is 0 Å². The first-order chi connectivity index (χ1) is 9.41. The van der Waals surface area contributed by atoms with Gasteiger partial charge < -0.3 is 5.73 Å². The van der Waals surface area contributed by atoms with Crippen molar-refractivity contribution in [3.8, 4) is 0 Å². The van der Waals surface area contributed by atoms with Gasteiger partial charge in [-0.2, -0.15) is 0 Å². The summed E-state index contributed by atoms with van der Waals surface area (Å²) in [5.41, 5.74) is 6.81. The van der Waals surface area contributed by atoms with Crippen LogP contribution in [0.25, 0.3) is 0 Å². The molecular formula is C14H14BrNO2S2. The van der Waals surface area contributed by atoms with Crippen molar-refractivity contribution in [2.45, 2.75) is 21.2 Å². The van der Waals surface area contributed by atoms with Crippen LogP contribution in [0.2, 0.25) is 0 Å². The third kappa shape index (κ3) is 3.63. The summed E-state index contributed by atoms with van der Waals surface area (Å²) in [6.45, 7) is 0.450. The summed E-state index contributed by atoms with van der Waals surface area (Å²) in [5, 5.41) is 0. The first kappa shape index (κ1) is 15.6. The van der Waals surface area contributed by atoms with E-state index in [-0.39, 0.29) is 0 Å². The topological polar surface area (TPSA) is 60.2 Å². The summed E-state index contributed by atoms with van der Waals surface area (Å²) in [6, 6.07) is 12.8. The largest absolute Gasteiger partial charge is 0.326 e. The zero-order valence-electron chi connectivity index (χ0n) is 10.8. The van der Waals surface area contributed by atoms with E-state index in [1.54, 1.807) is 23.9 Å². The zero-order chi connectivity index (χ0) is 14.8. The molecule has 0 heterocycles. The normalized spacial score (nSPS) is 11.6. The molecule has 106 valence electrons. The molecule has 2 aromatic carbocycles. The Morgan fingerprint density at radius 1 is 1.15 bits per heavy atom. The molecule has 20 heavy (non-hydrogen) atoms. The Morgan fingerprint density at radius 2 is 1.80 bits per heavy atom. The number of rotatable bonds is 4. The van der Waals surface area contributed by atoms with E-state index in [1.807, 2.05) is 30.3 Å². The van der Waals surface area contributed by atoms with Crippen molar-refractivity contribution in [1.82, 2.24) is 0 Å². The molecule has 0 atom stereocenters. The van der Waals surface area contributed by atoms with E-state index in [2.05, 4.69) is 15.9 Å². The molecule has 2 N–H and O–H groups in total. The Hall–Kier alpha value is -0.820. The highest BCUT2D eigenvalue weighted by Crippen LogP contribution is 2.34. The third-order valence-electron chi connectivity index (χ3n) is 2.76. The molecule has 0 unspecified atom stereocenters. The minimum atomic E-state index is -3.15. The van der Waals surface area contributed by atoms with Crippen LogP contribution in [0.3, 0.4) is 0 Å². The smallest absolute Gasteiger partial charge is 0.175 e. The van der Waals surface area contributed by atoms with Crippen LogP contribution < -0.4 is 5.73 Å². The van der Waals surface area contributed by atoms with Crippen LogP contribution in [0.5, 0.6) is 0 Å². The van der Waals surface area contributed by atoms with Gasteiger partial charge in [-0.15, -0.1) is 0 Å². The Labute approximate surface area is 131 Å². The molecule has 2 rings (SSSR count). The second-order valence-electron chi connectivity index (χ2n) is 4.27. The highest BCUT2D eigenvalue weighted by Gasteiger charge is 2.09.